The van der Waals surface area contributed by atoms with Crippen molar-refractivity contribution < 1.29 is 14.3 Å². The Bertz CT molecular complexity index is 750. The van der Waals surface area contributed by atoms with E-state index >= 15 is 0 Å². The Morgan fingerprint density at radius 3 is 2.86 bits per heavy atom. The van der Waals surface area contributed by atoms with Crippen molar-refractivity contribution >= 4 is 5.97 Å². The summed E-state index contributed by atoms with van der Waals surface area (Å²) in [6, 6.07) is 0. The minimum atomic E-state index is -0.135. The molecule has 1 unspecified atom stereocenters. The van der Waals surface area contributed by atoms with Crippen LogP contribution >= 0.6 is 0 Å². The summed E-state index contributed by atoms with van der Waals surface area (Å²) in [6.07, 6.45) is 11.5. The molecule has 6 fully saturated rings. The third-order valence-electron chi connectivity index (χ3n) is 10.4. The molecule has 2 saturated heterocycles. The largest absolute Gasteiger partial charge is 0.457 e. The molecule has 0 N–H and O–H groups in total. The van der Waals surface area contributed by atoms with Gasteiger partial charge in [0.2, 0.25) is 0 Å². The Hall–Kier alpha value is -0.870. The molecule has 0 amide bonds. The second kappa shape index (κ2) is 6.09. The van der Waals surface area contributed by atoms with E-state index in [-0.39, 0.29) is 29.1 Å². The molecule has 4 bridgehead atoms. The van der Waals surface area contributed by atoms with Crippen molar-refractivity contribution in [3.63, 3.8) is 0 Å². The van der Waals surface area contributed by atoms with E-state index < -0.39 is 0 Å². The molecule has 160 valence electrons. The molecule has 29 heavy (non-hydrogen) atoms. The van der Waals surface area contributed by atoms with Gasteiger partial charge in [0, 0.05) is 37.5 Å². The number of hydrogen-bond acceptors (Lipinski definition) is 4. The predicted octanol–water partition coefficient (Wildman–Crippen LogP) is 4.54. The fraction of sp³-hybridized carbons (Fsp3) is 0.880. The number of carbonyl (C=O) groups is 1. The number of hydrogen-bond donors (Lipinski definition) is 0. The van der Waals surface area contributed by atoms with E-state index in [1.807, 2.05) is 0 Å². The number of rotatable bonds is 1. The van der Waals surface area contributed by atoms with E-state index in [1.54, 1.807) is 6.92 Å². The van der Waals surface area contributed by atoms with Crippen LogP contribution in [0.25, 0.3) is 0 Å². The molecule has 4 nitrogen and oxygen atoms in total. The Kier molecular flexibility index (Phi) is 3.96. The molecule has 0 aromatic heterocycles. The molecule has 4 saturated carbocycles. The Balaban J connectivity index is 1.49. The van der Waals surface area contributed by atoms with Crippen molar-refractivity contribution in [2.45, 2.75) is 84.0 Å². The minimum absolute atomic E-state index is 0.0695. The molecule has 8 atom stereocenters. The van der Waals surface area contributed by atoms with Crippen molar-refractivity contribution in [1.82, 2.24) is 4.90 Å². The van der Waals surface area contributed by atoms with Gasteiger partial charge < -0.3 is 9.47 Å². The topological polar surface area (TPSA) is 38.8 Å². The van der Waals surface area contributed by atoms with Crippen LogP contribution in [0.15, 0.2) is 12.2 Å². The summed E-state index contributed by atoms with van der Waals surface area (Å²) >= 11 is 0. The third-order valence-corrected chi connectivity index (χ3v) is 10.4. The number of ether oxygens (including phenoxy) is 2. The summed E-state index contributed by atoms with van der Waals surface area (Å²) in [5.74, 6) is 1.76. The first-order valence-electron chi connectivity index (χ1n) is 12.1. The maximum Gasteiger partial charge on any atom is 0.303 e. The zero-order chi connectivity index (χ0) is 20.0. The van der Waals surface area contributed by atoms with Gasteiger partial charge in [0.05, 0.1) is 0 Å². The van der Waals surface area contributed by atoms with E-state index in [0.29, 0.717) is 17.3 Å². The van der Waals surface area contributed by atoms with Gasteiger partial charge in [-0.05, 0) is 80.1 Å². The molecule has 0 aromatic carbocycles. The fourth-order valence-electron chi connectivity index (χ4n) is 9.82. The lowest BCUT2D eigenvalue weighted by molar-refractivity contribution is -0.310. The molecule has 4 aliphatic carbocycles. The van der Waals surface area contributed by atoms with E-state index in [9.17, 15) is 4.79 Å². The van der Waals surface area contributed by atoms with E-state index in [2.05, 4.69) is 18.4 Å². The van der Waals surface area contributed by atoms with Gasteiger partial charge in [-0.25, -0.2) is 0 Å². The first-order chi connectivity index (χ1) is 13.9. The van der Waals surface area contributed by atoms with Crippen LogP contribution in [0.5, 0.6) is 0 Å². The first kappa shape index (κ1) is 18.9. The Morgan fingerprint density at radius 2 is 2.03 bits per heavy atom. The maximum atomic E-state index is 12.1. The quantitative estimate of drug-likeness (QED) is 0.479. The molecular weight excluding hydrogens is 362 g/mol. The lowest BCUT2D eigenvalue weighted by atomic mass is 9.38. The SMILES string of the molecule is C=C1[C@H]2CC[C@@H]3[C@@](CC[C@@H]4[C@@]5(C)CCC[C@]43C3OCCCN3C5)(C2)[C@H]1OC(C)=O. The Labute approximate surface area is 175 Å². The summed E-state index contributed by atoms with van der Waals surface area (Å²) in [5.41, 5.74) is 1.97. The minimum Gasteiger partial charge on any atom is -0.457 e. The maximum absolute atomic E-state index is 12.1. The van der Waals surface area contributed by atoms with Gasteiger partial charge in [-0.15, -0.1) is 0 Å². The molecule has 6 aliphatic rings. The molecule has 0 aromatic rings. The first-order valence-corrected chi connectivity index (χ1v) is 12.1. The number of carbonyl (C=O) groups excluding carboxylic acids is 1. The summed E-state index contributed by atoms with van der Waals surface area (Å²) in [6.45, 7) is 12.0. The van der Waals surface area contributed by atoms with Gasteiger partial charge in [-0.2, -0.15) is 0 Å². The van der Waals surface area contributed by atoms with Crippen LogP contribution in [0.2, 0.25) is 0 Å². The number of esters is 1. The molecule has 0 radical (unpaired) electrons. The highest BCUT2D eigenvalue weighted by molar-refractivity contribution is 5.67. The number of nitrogens with zero attached hydrogens (tertiary/aromatic N) is 1. The van der Waals surface area contributed by atoms with Crippen LogP contribution in [0.1, 0.15) is 71.6 Å². The highest BCUT2D eigenvalue weighted by atomic mass is 16.5. The van der Waals surface area contributed by atoms with Crippen LogP contribution in [0, 0.1) is 34.0 Å². The molecule has 4 heteroatoms. The average Bonchev–Trinajstić information content (AvgIpc) is 2.87. The molecule has 6 rings (SSSR count). The predicted molar refractivity (Wildman–Crippen MR) is 111 cm³/mol. The van der Waals surface area contributed by atoms with Gasteiger partial charge >= 0.3 is 5.97 Å². The monoisotopic (exact) mass is 399 g/mol. The smallest absolute Gasteiger partial charge is 0.303 e. The van der Waals surface area contributed by atoms with Crippen LogP contribution in [-0.2, 0) is 14.3 Å². The third kappa shape index (κ3) is 2.26. The summed E-state index contributed by atoms with van der Waals surface area (Å²) < 4.78 is 12.7. The van der Waals surface area contributed by atoms with Crippen molar-refractivity contribution in [2.24, 2.45) is 34.0 Å². The van der Waals surface area contributed by atoms with Gasteiger partial charge in [0.25, 0.3) is 0 Å². The van der Waals surface area contributed by atoms with Gasteiger partial charge in [0.1, 0.15) is 12.3 Å². The van der Waals surface area contributed by atoms with Crippen molar-refractivity contribution in [3.05, 3.63) is 12.2 Å². The van der Waals surface area contributed by atoms with Crippen LogP contribution < -0.4 is 0 Å². The van der Waals surface area contributed by atoms with E-state index in [1.165, 1.54) is 70.0 Å². The van der Waals surface area contributed by atoms with Crippen LogP contribution in [0.4, 0.5) is 0 Å². The molecule has 2 heterocycles. The summed E-state index contributed by atoms with van der Waals surface area (Å²) in [7, 11) is 0. The van der Waals surface area contributed by atoms with E-state index in [4.69, 9.17) is 9.47 Å². The van der Waals surface area contributed by atoms with Crippen molar-refractivity contribution in [3.8, 4) is 0 Å². The lowest BCUT2D eigenvalue weighted by Gasteiger charge is -2.72. The zero-order valence-electron chi connectivity index (χ0n) is 18.3. The van der Waals surface area contributed by atoms with Crippen LogP contribution in [-0.4, -0.2) is 42.9 Å². The standard InChI is InChI=1S/C25H37NO3/c1-16-18-6-7-20-24(14-18,21(16)29-17(2)27)11-8-19-23(3)9-4-10-25(19,20)22-26(15-23)12-5-13-28-22/h18-22H,1,4-15H2,2-3H3/t18-,19+,20+,21-,22?,23-,24+,25-/m0/s1. The second-order valence-electron chi connectivity index (χ2n) is 11.6. The van der Waals surface area contributed by atoms with Gasteiger partial charge in [-0.3, -0.25) is 9.69 Å². The molecule has 2 aliphatic heterocycles. The highest BCUT2D eigenvalue weighted by Crippen LogP contribution is 2.75. The van der Waals surface area contributed by atoms with Crippen LogP contribution in [0.3, 0.4) is 0 Å². The number of piperidine rings is 1. The lowest BCUT2D eigenvalue weighted by Crippen LogP contribution is -2.73. The molecular formula is C25H37NO3. The average molecular weight is 400 g/mol. The molecule has 1 spiro atoms. The van der Waals surface area contributed by atoms with Crippen molar-refractivity contribution in [2.75, 3.05) is 19.7 Å². The van der Waals surface area contributed by atoms with E-state index in [0.717, 1.165) is 18.9 Å². The summed E-state index contributed by atoms with van der Waals surface area (Å²) in [5, 5.41) is 0. The fourth-order valence-corrected chi connectivity index (χ4v) is 9.82. The second-order valence-corrected chi connectivity index (χ2v) is 11.6. The number of fused-ring (bicyclic) bond motifs is 2. The Morgan fingerprint density at radius 1 is 1.17 bits per heavy atom. The summed E-state index contributed by atoms with van der Waals surface area (Å²) in [4.78, 5) is 14.8. The van der Waals surface area contributed by atoms with Crippen molar-refractivity contribution in [1.29, 1.82) is 0 Å². The highest BCUT2D eigenvalue weighted by Gasteiger charge is 2.73. The van der Waals surface area contributed by atoms with Gasteiger partial charge in [0.15, 0.2) is 0 Å². The van der Waals surface area contributed by atoms with Gasteiger partial charge in [-0.1, -0.05) is 19.9 Å². The zero-order valence-corrected chi connectivity index (χ0v) is 18.3. The normalized spacial score (nSPS) is 53.6.